The number of carbonyl (C=O) groups is 4. The SMILES string of the molecule is CCCOc1cc(OCCCCN(C)CC(=O)CCC(=O)NCCN2CCN(c3ccc(-c4cc(C(=O)NCC5=C(C)C=C(C)CC5=O)c5cnn(C(C)C)c5c4)cn3)CC2)cc(Oc2cc3c(cc2N)n(C)c(=O)n3C)c1. The number of ether oxygens (including phenoxy) is 3. The van der Waals surface area contributed by atoms with Gasteiger partial charge in [-0.3, -0.25) is 42.8 Å². The summed E-state index contributed by atoms with van der Waals surface area (Å²) in [5.41, 5.74) is 13.6. The molecule has 4 N–H and O–H groups in total. The maximum atomic E-state index is 13.8. The van der Waals surface area contributed by atoms with Crippen molar-refractivity contribution in [2.24, 2.45) is 14.1 Å². The quantitative estimate of drug-likeness (QED) is 0.0377. The van der Waals surface area contributed by atoms with Crippen LogP contribution in [0, 0.1) is 0 Å². The van der Waals surface area contributed by atoms with E-state index in [0.29, 0.717) is 90.1 Å². The second kappa shape index (κ2) is 25.6. The van der Waals surface area contributed by atoms with Gasteiger partial charge in [-0.15, -0.1) is 0 Å². The number of nitrogens with zero attached hydrogens (tertiary/aromatic N) is 8. The smallest absolute Gasteiger partial charge is 0.328 e. The highest BCUT2D eigenvalue weighted by Gasteiger charge is 2.23. The lowest BCUT2D eigenvalue weighted by Gasteiger charge is -2.35. The number of aryl methyl sites for hydroxylation is 2. The molecule has 78 heavy (non-hydrogen) atoms. The van der Waals surface area contributed by atoms with Gasteiger partial charge in [0.2, 0.25) is 5.91 Å². The number of nitrogen functional groups attached to an aromatic ring is 1. The highest BCUT2D eigenvalue weighted by Crippen LogP contribution is 2.36. The van der Waals surface area contributed by atoms with E-state index in [0.717, 1.165) is 84.4 Å². The molecule has 1 aliphatic heterocycles. The molecule has 2 amide bonds. The maximum Gasteiger partial charge on any atom is 0.328 e. The van der Waals surface area contributed by atoms with E-state index in [2.05, 4.69) is 45.4 Å². The predicted octanol–water partition coefficient (Wildman–Crippen LogP) is 7.38. The van der Waals surface area contributed by atoms with Gasteiger partial charge in [0.15, 0.2) is 11.5 Å². The van der Waals surface area contributed by atoms with Crippen LogP contribution in [-0.4, -0.2) is 136 Å². The van der Waals surface area contributed by atoms with E-state index in [1.807, 2.05) is 73.9 Å². The summed E-state index contributed by atoms with van der Waals surface area (Å²) in [4.78, 5) is 76.1. The molecule has 0 spiro atoms. The van der Waals surface area contributed by atoms with Crippen molar-refractivity contribution in [3.8, 4) is 34.1 Å². The summed E-state index contributed by atoms with van der Waals surface area (Å²) >= 11 is 0. The highest BCUT2D eigenvalue weighted by atomic mass is 16.5. The van der Waals surface area contributed by atoms with E-state index in [-0.39, 0.29) is 61.0 Å². The molecule has 3 aromatic carbocycles. The van der Waals surface area contributed by atoms with Gasteiger partial charge in [-0.25, -0.2) is 9.78 Å². The van der Waals surface area contributed by atoms with E-state index in [1.54, 1.807) is 53.7 Å². The van der Waals surface area contributed by atoms with Crippen molar-refractivity contribution in [1.82, 2.24) is 44.3 Å². The van der Waals surface area contributed by atoms with Crippen LogP contribution in [0.1, 0.15) is 89.5 Å². The number of amides is 2. The Kier molecular flexibility index (Phi) is 18.5. The number of hydrogen-bond donors (Lipinski definition) is 3. The van der Waals surface area contributed by atoms with Crippen molar-refractivity contribution in [2.45, 2.75) is 79.2 Å². The van der Waals surface area contributed by atoms with E-state index in [4.69, 9.17) is 24.9 Å². The Hall–Kier alpha value is -7.77. The molecule has 0 saturated carbocycles. The lowest BCUT2D eigenvalue weighted by atomic mass is 9.92. The molecule has 19 nitrogen and oxygen atoms in total. The predicted molar refractivity (Wildman–Crippen MR) is 305 cm³/mol. The molecule has 3 aromatic heterocycles. The summed E-state index contributed by atoms with van der Waals surface area (Å²) in [6, 6.07) is 16.9. The zero-order valence-corrected chi connectivity index (χ0v) is 46.4. The number of carbonyl (C=O) groups excluding carboxylic acids is 4. The number of aromatic nitrogens is 5. The molecule has 4 heterocycles. The number of fused-ring (bicyclic) bond motifs is 2. The van der Waals surface area contributed by atoms with E-state index < -0.39 is 0 Å². The summed E-state index contributed by atoms with van der Waals surface area (Å²) < 4.78 is 23.3. The lowest BCUT2D eigenvalue weighted by molar-refractivity contribution is -0.125. The van der Waals surface area contributed by atoms with Crippen LogP contribution in [0.4, 0.5) is 11.5 Å². The Bertz CT molecular complexity index is 3290. The number of allylic oxidation sites excluding steroid dienone is 3. The number of piperazine rings is 1. The molecule has 0 bridgehead atoms. The molecule has 1 aliphatic carbocycles. The fraction of sp³-hybridized carbons (Fsp3) is 0.441. The topological polar surface area (TPSA) is 213 Å². The fourth-order valence-electron chi connectivity index (χ4n) is 10.0. The number of pyridine rings is 1. The molecule has 1 fully saturated rings. The third-order valence-corrected chi connectivity index (χ3v) is 14.4. The van der Waals surface area contributed by atoms with Crippen LogP contribution in [0.5, 0.6) is 23.0 Å². The molecule has 0 unspecified atom stereocenters. The average molecular weight is 1070 g/mol. The summed E-state index contributed by atoms with van der Waals surface area (Å²) in [7, 11) is 5.32. The average Bonchev–Trinajstić information content (AvgIpc) is 3.95. The first kappa shape index (κ1) is 56.4. The number of ketones is 2. The number of nitrogens with one attached hydrogen (secondary N) is 2. The van der Waals surface area contributed by atoms with Crippen molar-refractivity contribution in [3.05, 3.63) is 106 Å². The number of hydrogen-bond acceptors (Lipinski definition) is 14. The molecule has 0 radical (unpaired) electrons. The van der Waals surface area contributed by atoms with Crippen LogP contribution in [0.2, 0.25) is 0 Å². The number of anilines is 2. The number of Topliss-reactive ketones (excluding diaryl/α,β-unsaturated/α-hetero) is 2. The zero-order chi connectivity index (χ0) is 55.6. The summed E-state index contributed by atoms with van der Waals surface area (Å²) in [5.74, 6) is 2.62. The second-order valence-electron chi connectivity index (χ2n) is 20.9. The number of rotatable bonds is 25. The molecule has 6 aromatic rings. The molecule has 19 heteroatoms. The Labute approximate surface area is 456 Å². The van der Waals surface area contributed by atoms with Gasteiger partial charge in [-0.2, -0.15) is 5.10 Å². The van der Waals surface area contributed by atoms with Crippen LogP contribution in [0.3, 0.4) is 0 Å². The van der Waals surface area contributed by atoms with Crippen LogP contribution in [0.15, 0.2) is 94.6 Å². The van der Waals surface area contributed by atoms with Crippen molar-refractivity contribution in [3.63, 3.8) is 0 Å². The number of imidazole rings is 1. The van der Waals surface area contributed by atoms with E-state index >= 15 is 0 Å². The minimum absolute atomic E-state index is 0.0189. The Balaban J connectivity index is 0.728. The van der Waals surface area contributed by atoms with Crippen LogP contribution >= 0.6 is 0 Å². The monoisotopic (exact) mass is 1070 g/mol. The minimum atomic E-state index is -0.267. The van der Waals surface area contributed by atoms with Crippen molar-refractivity contribution in [2.75, 3.05) is 89.8 Å². The number of unbranched alkanes of at least 4 members (excludes halogenated alkanes) is 1. The van der Waals surface area contributed by atoms with Gasteiger partial charge in [0, 0.05) is 132 Å². The van der Waals surface area contributed by atoms with E-state index in [1.165, 1.54) is 0 Å². The van der Waals surface area contributed by atoms with Gasteiger partial charge in [0.05, 0.1) is 53.8 Å². The zero-order valence-electron chi connectivity index (χ0n) is 46.4. The van der Waals surface area contributed by atoms with Gasteiger partial charge in [-0.1, -0.05) is 18.6 Å². The van der Waals surface area contributed by atoms with Crippen molar-refractivity contribution in [1.29, 1.82) is 0 Å². The second-order valence-corrected chi connectivity index (χ2v) is 20.9. The van der Waals surface area contributed by atoms with Gasteiger partial charge < -0.3 is 35.5 Å². The molecule has 2 aliphatic rings. The van der Waals surface area contributed by atoms with Crippen LogP contribution in [0.25, 0.3) is 33.1 Å². The van der Waals surface area contributed by atoms with Gasteiger partial charge in [0.1, 0.15) is 28.8 Å². The third-order valence-electron chi connectivity index (χ3n) is 14.4. The Morgan fingerprint density at radius 1 is 0.821 bits per heavy atom. The Morgan fingerprint density at radius 2 is 1.54 bits per heavy atom. The van der Waals surface area contributed by atoms with Gasteiger partial charge >= 0.3 is 5.69 Å². The standard InChI is InChI=1S/C59H75N11O8/c1-9-23-76-44-29-45(31-46(30-44)78-55-33-53-52(32-50(55)60)66(7)59(75)67(53)8)77-24-11-10-17-65(6)37-43(71)13-15-57(73)61-16-18-68-19-21-69(22-20-68)56-14-12-41(34-62-56)42-27-47(49-36-64-70(38(2)3)51(49)28-42)58(74)63-35-48-40(5)25-39(4)26-54(48)72/h12,14,25,27-34,36,38H,9-11,13,15-24,26,35,37,60H2,1-8H3,(H,61,73)(H,63,74). The first-order valence-corrected chi connectivity index (χ1v) is 27.1. The molecule has 414 valence electrons. The molecule has 8 rings (SSSR count). The summed E-state index contributed by atoms with van der Waals surface area (Å²) in [5, 5.41) is 11.4. The number of nitrogens with two attached hydrogens (primary N) is 1. The molecular weight excluding hydrogens is 991 g/mol. The number of benzene rings is 3. The van der Waals surface area contributed by atoms with Gasteiger partial charge in [0.25, 0.3) is 5.91 Å². The minimum Gasteiger partial charge on any atom is -0.493 e. The molecular formula is C59H75N11O8. The Morgan fingerprint density at radius 3 is 2.23 bits per heavy atom. The van der Waals surface area contributed by atoms with E-state index in [9.17, 15) is 24.0 Å². The normalized spacial score (nSPS) is 14.2. The largest absolute Gasteiger partial charge is 0.493 e. The lowest BCUT2D eigenvalue weighted by Crippen LogP contribution is -2.48. The van der Waals surface area contributed by atoms with Crippen molar-refractivity contribution < 1.29 is 33.4 Å². The molecule has 1 saturated heterocycles. The van der Waals surface area contributed by atoms with Crippen LogP contribution in [-0.2, 0) is 28.5 Å². The number of likely N-dealkylation sites (N-methyl/N-ethyl adjacent to an activating group) is 1. The summed E-state index contributed by atoms with van der Waals surface area (Å²) in [6.07, 6.45) is 8.67. The maximum absolute atomic E-state index is 13.8. The van der Waals surface area contributed by atoms with Gasteiger partial charge in [-0.05, 0) is 102 Å². The fourth-order valence-corrected chi connectivity index (χ4v) is 10.0. The highest BCUT2D eigenvalue weighted by molar-refractivity contribution is 6.09. The first-order valence-electron chi connectivity index (χ1n) is 27.1. The molecule has 0 atom stereocenters. The first-order chi connectivity index (χ1) is 37.5. The van der Waals surface area contributed by atoms with Crippen molar-refractivity contribution >= 4 is 56.8 Å². The third kappa shape index (κ3) is 13.8. The summed E-state index contributed by atoms with van der Waals surface area (Å²) in [6.45, 7) is 16.5. The van der Waals surface area contributed by atoms with Crippen LogP contribution < -0.4 is 41.2 Å².